The van der Waals surface area contributed by atoms with Crippen LogP contribution in [0.1, 0.15) is 65.7 Å². The lowest BCUT2D eigenvalue weighted by molar-refractivity contribution is -0.00454. The molecule has 0 atom stereocenters. The Morgan fingerprint density at radius 2 is 1.54 bits per heavy atom. The number of rotatable bonds is 3. The normalized spacial score (nSPS) is 26.5. The number of nitrogens with zero attached hydrogens (tertiary/aromatic N) is 1. The van der Waals surface area contributed by atoms with Crippen LogP contribution in [0.3, 0.4) is 0 Å². The molecule has 4 aliphatic carbocycles. The van der Waals surface area contributed by atoms with Crippen molar-refractivity contribution >= 4 is 39.8 Å². The third-order valence-corrected chi connectivity index (χ3v) is 8.77. The Morgan fingerprint density at radius 3 is 2.20 bits per heavy atom. The topological polar surface area (TPSA) is 66.0 Å². The summed E-state index contributed by atoms with van der Waals surface area (Å²) in [7, 11) is 0. The molecule has 4 saturated carbocycles. The molecule has 1 amide bonds. The quantitative estimate of drug-likeness (QED) is 0.317. The minimum absolute atomic E-state index is 0.180. The van der Waals surface area contributed by atoms with Crippen molar-refractivity contribution in [3.63, 3.8) is 0 Å². The first-order valence-corrected chi connectivity index (χ1v) is 13.1. The second-order valence-corrected chi connectivity index (χ2v) is 11.5. The zero-order valence-electron chi connectivity index (χ0n) is 20.4. The van der Waals surface area contributed by atoms with Crippen molar-refractivity contribution in [1.82, 2.24) is 15.8 Å². The lowest BCUT2D eigenvalue weighted by Crippen LogP contribution is -2.49. The van der Waals surface area contributed by atoms with Gasteiger partial charge in [-0.15, -0.1) is 0 Å². The first-order chi connectivity index (χ1) is 16.9. The Kier molecular flexibility index (Phi) is 5.52. The van der Waals surface area contributed by atoms with Crippen molar-refractivity contribution < 1.29 is 4.79 Å². The molecule has 5 nitrogen and oxygen atoms in total. The zero-order valence-corrected chi connectivity index (χ0v) is 21.2. The van der Waals surface area contributed by atoms with E-state index in [1.54, 1.807) is 0 Å². The number of hydrogen-bond donors (Lipinski definition) is 3. The fourth-order valence-electron chi connectivity index (χ4n) is 7.50. The van der Waals surface area contributed by atoms with Gasteiger partial charge < -0.3 is 5.32 Å². The lowest BCUT2D eigenvalue weighted by atomic mass is 9.48. The minimum Gasteiger partial charge on any atom is -0.331 e. The van der Waals surface area contributed by atoms with Gasteiger partial charge in [0, 0.05) is 11.1 Å². The molecule has 3 N–H and O–H groups in total. The number of carbonyl (C=O) groups is 1. The van der Waals surface area contributed by atoms with Gasteiger partial charge in [-0.2, -0.15) is 0 Å². The molecule has 6 heteroatoms. The fraction of sp³-hybridized carbons (Fsp3) is 0.414. The number of thiocarbonyl (C=S) groups is 1. The molecule has 0 radical (unpaired) electrons. The Morgan fingerprint density at radius 1 is 0.914 bits per heavy atom. The summed E-state index contributed by atoms with van der Waals surface area (Å²) in [6.07, 6.45) is 7.92. The summed E-state index contributed by atoms with van der Waals surface area (Å²) >= 11 is 5.45. The van der Waals surface area contributed by atoms with E-state index in [9.17, 15) is 4.79 Å². The first-order valence-electron chi connectivity index (χ1n) is 12.7. The highest BCUT2D eigenvalue weighted by atomic mass is 32.1. The number of aryl methyl sites for hydroxylation is 2. The molecule has 1 aromatic heterocycles. The predicted molar refractivity (Wildman–Crippen MR) is 144 cm³/mol. The van der Waals surface area contributed by atoms with E-state index in [4.69, 9.17) is 17.2 Å². The second kappa shape index (κ2) is 8.59. The van der Waals surface area contributed by atoms with Gasteiger partial charge in [0.1, 0.15) is 5.69 Å². The number of aromatic nitrogens is 1. The maximum atomic E-state index is 13.2. The number of hydrazine groups is 1. The maximum absolute atomic E-state index is 13.2. The van der Waals surface area contributed by atoms with Gasteiger partial charge in [-0.05, 0) is 117 Å². The summed E-state index contributed by atoms with van der Waals surface area (Å²) in [6, 6.07) is 16.4. The van der Waals surface area contributed by atoms with Crippen LogP contribution < -0.4 is 16.2 Å². The highest BCUT2D eigenvalue weighted by molar-refractivity contribution is 7.80. The number of anilines is 1. The highest BCUT2D eigenvalue weighted by Crippen LogP contribution is 2.61. The summed E-state index contributed by atoms with van der Waals surface area (Å²) in [4.78, 5) is 18.0. The predicted octanol–water partition coefficient (Wildman–Crippen LogP) is 5.95. The van der Waals surface area contributed by atoms with Gasteiger partial charge in [0.25, 0.3) is 5.91 Å². The van der Waals surface area contributed by atoms with Crippen molar-refractivity contribution in [3.05, 3.63) is 70.9 Å². The van der Waals surface area contributed by atoms with E-state index in [0.29, 0.717) is 10.8 Å². The Bertz CT molecular complexity index is 1280. The first kappa shape index (κ1) is 22.5. The summed E-state index contributed by atoms with van der Waals surface area (Å²) in [5.74, 6) is 2.23. The Balaban J connectivity index is 1.26. The smallest absolute Gasteiger partial charge is 0.288 e. The molecule has 4 fully saturated rings. The SMILES string of the molecule is Cc1cccc(C)c1NC(=S)NNC(=O)c1cc(C23CC4CC(CC(C4)C2)C3)c2ccccc2n1. The molecule has 7 rings (SSSR count). The minimum atomic E-state index is -0.271. The average Bonchev–Trinajstić information content (AvgIpc) is 2.83. The van der Waals surface area contributed by atoms with Crippen LogP contribution in [0.2, 0.25) is 0 Å². The average molecular weight is 485 g/mol. The van der Waals surface area contributed by atoms with Crippen LogP contribution in [0.15, 0.2) is 48.5 Å². The van der Waals surface area contributed by atoms with Crippen LogP contribution in [0, 0.1) is 31.6 Å². The molecule has 180 valence electrons. The maximum Gasteiger partial charge on any atom is 0.288 e. The summed E-state index contributed by atoms with van der Waals surface area (Å²) in [5.41, 5.74) is 11.6. The molecule has 4 aliphatic rings. The number of carbonyl (C=O) groups excluding carboxylic acids is 1. The van der Waals surface area contributed by atoms with E-state index in [2.05, 4.69) is 34.4 Å². The van der Waals surface area contributed by atoms with Crippen molar-refractivity contribution in [2.24, 2.45) is 17.8 Å². The van der Waals surface area contributed by atoms with E-state index >= 15 is 0 Å². The van der Waals surface area contributed by atoms with E-state index < -0.39 is 0 Å². The summed E-state index contributed by atoms with van der Waals surface area (Å²) in [5, 5.41) is 4.75. The molecule has 35 heavy (non-hydrogen) atoms. The number of fused-ring (bicyclic) bond motifs is 1. The largest absolute Gasteiger partial charge is 0.331 e. The van der Waals surface area contributed by atoms with Gasteiger partial charge >= 0.3 is 0 Å². The molecule has 1 heterocycles. The second-order valence-electron chi connectivity index (χ2n) is 11.1. The van der Waals surface area contributed by atoms with Crippen LogP contribution in [0.5, 0.6) is 0 Å². The molecule has 0 saturated heterocycles. The van der Waals surface area contributed by atoms with Gasteiger partial charge in [0.05, 0.1) is 5.52 Å². The zero-order chi connectivity index (χ0) is 24.2. The van der Waals surface area contributed by atoms with E-state index in [1.165, 1.54) is 49.5 Å². The summed E-state index contributed by atoms with van der Waals surface area (Å²) in [6.45, 7) is 4.06. The van der Waals surface area contributed by atoms with Crippen molar-refractivity contribution in [3.8, 4) is 0 Å². The Labute approximate surface area is 212 Å². The molecule has 0 unspecified atom stereocenters. The van der Waals surface area contributed by atoms with Crippen molar-refractivity contribution in [1.29, 1.82) is 0 Å². The van der Waals surface area contributed by atoms with Crippen LogP contribution >= 0.6 is 12.2 Å². The van der Waals surface area contributed by atoms with Gasteiger partial charge in [-0.3, -0.25) is 15.6 Å². The van der Waals surface area contributed by atoms with Crippen molar-refractivity contribution in [2.75, 3.05) is 5.32 Å². The summed E-state index contributed by atoms with van der Waals surface area (Å²) < 4.78 is 0. The molecule has 0 aliphatic heterocycles. The molecule has 3 aromatic rings. The monoisotopic (exact) mass is 484 g/mol. The molecule has 4 bridgehead atoms. The van der Waals surface area contributed by atoms with Crippen LogP contribution in [0.25, 0.3) is 10.9 Å². The Hall–Kier alpha value is -2.99. The molecule has 2 aromatic carbocycles. The number of nitrogens with one attached hydrogen (secondary N) is 3. The lowest BCUT2D eigenvalue weighted by Gasteiger charge is -2.57. The number of pyridine rings is 1. The number of para-hydroxylation sites is 2. The van der Waals surface area contributed by atoms with Gasteiger partial charge in [0.2, 0.25) is 0 Å². The van der Waals surface area contributed by atoms with E-state index in [1.807, 2.05) is 44.2 Å². The fourth-order valence-corrected chi connectivity index (χ4v) is 7.66. The van der Waals surface area contributed by atoms with E-state index in [-0.39, 0.29) is 11.3 Å². The van der Waals surface area contributed by atoms with Crippen LogP contribution in [0.4, 0.5) is 5.69 Å². The van der Waals surface area contributed by atoms with Crippen LogP contribution in [-0.2, 0) is 5.41 Å². The third kappa shape index (κ3) is 4.08. The van der Waals surface area contributed by atoms with Crippen LogP contribution in [-0.4, -0.2) is 16.0 Å². The number of benzene rings is 2. The number of amides is 1. The van der Waals surface area contributed by atoms with Gasteiger partial charge in [0.15, 0.2) is 5.11 Å². The van der Waals surface area contributed by atoms with Crippen molar-refractivity contribution in [2.45, 2.75) is 57.8 Å². The standard InChI is InChI=1S/C29H32N4OS/c1-17-6-5-7-18(2)26(17)31-28(35)33-32-27(34)25-13-23(22-8-3-4-9-24(22)30-25)29-14-19-10-20(15-29)12-21(11-19)16-29/h3-9,13,19-21H,10-12,14-16H2,1-2H3,(H,32,34)(H2,31,33,35). The van der Waals surface area contributed by atoms with Gasteiger partial charge in [-0.25, -0.2) is 4.98 Å². The molecule has 0 spiro atoms. The molecular formula is C29H32N4OS. The number of hydrogen-bond acceptors (Lipinski definition) is 3. The van der Waals surface area contributed by atoms with Gasteiger partial charge in [-0.1, -0.05) is 36.4 Å². The highest BCUT2D eigenvalue weighted by Gasteiger charge is 2.52. The third-order valence-electron chi connectivity index (χ3n) is 8.57. The molecular weight excluding hydrogens is 452 g/mol. The van der Waals surface area contributed by atoms with E-state index in [0.717, 1.165) is 40.1 Å².